The van der Waals surface area contributed by atoms with Crippen molar-refractivity contribution in [1.29, 1.82) is 0 Å². The van der Waals surface area contributed by atoms with Gasteiger partial charge in [-0.25, -0.2) is 0 Å². The fraction of sp³-hybridized carbons (Fsp3) is 0.750. The second-order valence-electron chi connectivity index (χ2n) is 5.50. The van der Waals surface area contributed by atoms with E-state index in [1.54, 1.807) is 0 Å². The average Bonchev–Trinajstić information content (AvgIpc) is 2.63. The van der Waals surface area contributed by atoms with Gasteiger partial charge in [0.1, 0.15) is 0 Å². The molecule has 0 radical (unpaired) electrons. The van der Waals surface area contributed by atoms with Gasteiger partial charge >= 0.3 is 0 Å². The summed E-state index contributed by atoms with van der Waals surface area (Å²) in [5.74, 6) is 2.34. The van der Waals surface area contributed by atoms with Crippen LogP contribution in [0.2, 0.25) is 0 Å². The fourth-order valence-corrected chi connectivity index (χ4v) is 3.43. The number of aryl methyl sites for hydroxylation is 1. The minimum Gasteiger partial charge on any atom is -0.324 e. The smallest absolute Gasteiger partial charge is 0.0537 e. The predicted octanol–water partition coefficient (Wildman–Crippen LogP) is 1.67. The highest BCUT2D eigenvalue weighted by atomic mass is 35.5. The van der Waals surface area contributed by atoms with Crippen molar-refractivity contribution in [3.63, 3.8) is 0 Å². The van der Waals surface area contributed by atoms with Gasteiger partial charge in [0.15, 0.2) is 0 Å². The highest BCUT2D eigenvalue weighted by Crippen LogP contribution is 2.29. The molecule has 0 bridgehead atoms. The Morgan fingerprint density at radius 2 is 2.28 bits per heavy atom. The number of nitrogens with two attached hydrogens (primary N) is 1. The van der Waals surface area contributed by atoms with E-state index in [2.05, 4.69) is 30.0 Å². The van der Waals surface area contributed by atoms with Crippen molar-refractivity contribution in [1.82, 2.24) is 14.7 Å². The summed E-state index contributed by atoms with van der Waals surface area (Å²) in [6.07, 6.45) is 4.10. The Hall–Kier alpha value is -0.230. The number of hydrogen-bond donors (Lipinski definition) is 1. The van der Waals surface area contributed by atoms with E-state index in [-0.39, 0.29) is 17.9 Å². The van der Waals surface area contributed by atoms with Gasteiger partial charge in [-0.1, -0.05) is 0 Å². The molecule has 2 N–H and O–H groups in total. The van der Waals surface area contributed by atoms with Crippen LogP contribution in [0.3, 0.4) is 0 Å². The monoisotopic (exact) mass is 290 g/mol. The van der Waals surface area contributed by atoms with Gasteiger partial charge in [0.05, 0.1) is 6.20 Å². The summed E-state index contributed by atoms with van der Waals surface area (Å²) in [4.78, 5) is 2.49. The van der Waals surface area contributed by atoms with Gasteiger partial charge in [-0.15, -0.1) is 12.4 Å². The van der Waals surface area contributed by atoms with Crippen molar-refractivity contribution in [2.24, 2.45) is 12.8 Å². The molecule has 1 saturated heterocycles. The first-order valence-corrected chi connectivity index (χ1v) is 7.20. The molecule has 0 amide bonds. The lowest BCUT2D eigenvalue weighted by Crippen LogP contribution is -2.49. The summed E-state index contributed by atoms with van der Waals surface area (Å²) in [6.45, 7) is 6.24. The number of rotatable bonds is 3. The minimum atomic E-state index is -0.136. The van der Waals surface area contributed by atoms with Gasteiger partial charge in [0.2, 0.25) is 0 Å². The van der Waals surface area contributed by atoms with Crippen molar-refractivity contribution in [2.45, 2.75) is 25.4 Å². The molecule has 18 heavy (non-hydrogen) atoms. The molecule has 1 fully saturated rings. The van der Waals surface area contributed by atoms with E-state index in [4.69, 9.17) is 5.73 Å². The highest BCUT2D eigenvalue weighted by molar-refractivity contribution is 7.99. The van der Waals surface area contributed by atoms with Crippen LogP contribution in [-0.2, 0) is 7.05 Å². The normalized spacial score (nSPS) is 21.7. The molecule has 2 heterocycles. The van der Waals surface area contributed by atoms with Crippen LogP contribution in [0.1, 0.15) is 25.5 Å². The third-order valence-corrected chi connectivity index (χ3v) is 3.98. The SMILES string of the molecule is Cl.Cn1cc(C2CSCCN2CC(C)(C)N)cn1. The van der Waals surface area contributed by atoms with Gasteiger partial charge in [-0.3, -0.25) is 9.58 Å². The number of aromatic nitrogens is 2. The summed E-state index contributed by atoms with van der Waals surface area (Å²) in [6, 6.07) is 0.463. The van der Waals surface area contributed by atoms with Crippen molar-refractivity contribution < 1.29 is 0 Å². The van der Waals surface area contributed by atoms with Crippen molar-refractivity contribution in [3.8, 4) is 0 Å². The molecule has 1 aromatic heterocycles. The Morgan fingerprint density at radius 1 is 1.56 bits per heavy atom. The van der Waals surface area contributed by atoms with Gasteiger partial charge in [0.25, 0.3) is 0 Å². The molecule has 1 atom stereocenters. The molecule has 104 valence electrons. The average molecular weight is 291 g/mol. The highest BCUT2D eigenvalue weighted by Gasteiger charge is 2.28. The maximum absolute atomic E-state index is 6.14. The van der Waals surface area contributed by atoms with E-state index in [0.717, 1.165) is 18.8 Å². The Bertz CT molecular complexity index is 374. The summed E-state index contributed by atoms with van der Waals surface area (Å²) < 4.78 is 1.88. The molecular formula is C12H23ClN4S. The van der Waals surface area contributed by atoms with Gasteiger partial charge in [-0.2, -0.15) is 16.9 Å². The maximum atomic E-state index is 6.14. The third-order valence-electron chi connectivity index (χ3n) is 2.96. The Balaban J connectivity index is 0.00000162. The van der Waals surface area contributed by atoms with Crippen molar-refractivity contribution in [2.75, 3.05) is 24.6 Å². The number of thioether (sulfide) groups is 1. The van der Waals surface area contributed by atoms with Gasteiger partial charge in [0, 0.05) is 55.0 Å². The summed E-state index contributed by atoms with van der Waals surface area (Å²) in [5.41, 5.74) is 7.32. The summed E-state index contributed by atoms with van der Waals surface area (Å²) in [5, 5.41) is 4.27. The van der Waals surface area contributed by atoms with Gasteiger partial charge < -0.3 is 5.73 Å². The molecule has 4 nitrogen and oxygen atoms in total. The van der Waals surface area contributed by atoms with Crippen LogP contribution < -0.4 is 5.73 Å². The number of halogens is 1. The summed E-state index contributed by atoms with van der Waals surface area (Å²) >= 11 is 2.02. The molecule has 0 saturated carbocycles. The number of nitrogens with zero attached hydrogens (tertiary/aromatic N) is 3. The standard InChI is InChI=1S/C12H22N4S.ClH/c1-12(2,13)9-16-4-5-17-8-11(16)10-6-14-15(3)7-10;/h6-7,11H,4-5,8-9,13H2,1-3H3;1H. The lowest BCUT2D eigenvalue weighted by atomic mass is 10.0. The lowest BCUT2D eigenvalue weighted by molar-refractivity contribution is 0.182. The molecule has 0 aromatic carbocycles. The Kier molecular flexibility index (Phi) is 5.52. The van der Waals surface area contributed by atoms with Crippen LogP contribution in [0.15, 0.2) is 12.4 Å². The van der Waals surface area contributed by atoms with Crippen LogP contribution in [0.5, 0.6) is 0 Å². The quantitative estimate of drug-likeness (QED) is 0.920. The second kappa shape index (κ2) is 6.28. The number of hydrogen-bond acceptors (Lipinski definition) is 4. The van der Waals surface area contributed by atoms with Crippen molar-refractivity contribution >= 4 is 24.2 Å². The molecule has 1 aromatic rings. The predicted molar refractivity (Wildman–Crippen MR) is 80.4 cm³/mol. The van der Waals surface area contributed by atoms with E-state index in [0.29, 0.717) is 6.04 Å². The minimum absolute atomic E-state index is 0. The molecule has 0 spiro atoms. The topological polar surface area (TPSA) is 47.1 Å². The first kappa shape index (κ1) is 15.8. The van der Waals surface area contributed by atoms with Crippen LogP contribution in [0.25, 0.3) is 0 Å². The molecular weight excluding hydrogens is 268 g/mol. The lowest BCUT2D eigenvalue weighted by Gasteiger charge is -2.38. The van der Waals surface area contributed by atoms with E-state index >= 15 is 0 Å². The molecule has 0 aliphatic carbocycles. The zero-order valence-corrected chi connectivity index (χ0v) is 12.9. The van der Waals surface area contributed by atoms with Crippen LogP contribution in [0.4, 0.5) is 0 Å². The molecule has 1 aliphatic rings. The van der Waals surface area contributed by atoms with E-state index < -0.39 is 0 Å². The van der Waals surface area contributed by atoms with Crippen LogP contribution >= 0.6 is 24.2 Å². The zero-order valence-electron chi connectivity index (χ0n) is 11.3. The van der Waals surface area contributed by atoms with E-state index in [1.165, 1.54) is 11.3 Å². The summed E-state index contributed by atoms with van der Waals surface area (Å²) in [7, 11) is 1.97. The molecule has 1 unspecified atom stereocenters. The third kappa shape index (κ3) is 4.16. The largest absolute Gasteiger partial charge is 0.324 e. The zero-order chi connectivity index (χ0) is 12.5. The molecule has 1 aliphatic heterocycles. The van der Waals surface area contributed by atoms with Crippen molar-refractivity contribution in [3.05, 3.63) is 18.0 Å². The first-order chi connectivity index (χ1) is 7.96. The van der Waals surface area contributed by atoms with Gasteiger partial charge in [-0.05, 0) is 13.8 Å². The second-order valence-corrected chi connectivity index (χ2v) is 6.65. The fourth-order valence-electron chi connectivity index (χ4n) is 2.27. The van der Waals surface area contributed by atoms with Crippen LogP contribution in [0, 0.1) is 0 Å². The Morgan fingerprint density at radius 3 is 2.83 bits per heavy atom. The molecule has 6 heteroatoms. The Labute approximate surface area is 120 Å². The van der Waals surface area contributed by atoms with Crippen LogP contribution in [-0.4, -0.2) is 44.8 Å². The first-order valence-electron chi connectivity index (χ1n) is 6.05. The molecule has 2 rings (SSSR count). The maximum Gasteiger partial charge on any atom is 0.0537 e. The van der Waals surface area contributed by atoms with E-state index in [9.17, 15) is 0 Å². The van der Waals surface area contributed by atoms with E-state index in [1.807, 2.05) is 29.7 Å².